The van der Waals surface area contributed by atoms with E-state index in [0.717, 1.165) is 23.7 Å². The summed E-state index contributed by atoms with van der Waals surface area (Å²) in [5, 5.41) is 3.94. The number of benzene rings is 1. The summed E-state index contributed by atoms with van der Waals surface area (Å²) in [6.45, 7) is 0.663. The molecule has 1 saturated carbocycles. The van der Waals surface area contributed by atoms with Crippen molar-refractivity contribution in [2.75, 3.05) is 6.54 Å². The van der Waals surface area contributed by atoms with Gasteiger partial charge in [-0.05, 0) is 37.0 Å². The fourth-order valence-electron chi connectivity index (χ4n) is 3.11. The summed E-state index contributed by atoms with van der Waals surface area (Å²) < 4.78 is 0. The monoisotopic (exact) mass is 283 g/mol. The minimum atomic E-state index is -0.0358. The van der Waals surface area contributed by atoms with Gasteiger partial charge in [-0.25, -0.2) is 0 Å². The van der Waals surface area contributed by atoms with Crippen LogP contribution in [0.15, 0.2) is 36.5 Å². The second-order valence-electron chi connectivity index (χ2n) is 5.79. The van der Waals surface area contributed by atoms with Crippen LogP contribution in [0.1, 0.15) is 36.0 Å². The molecule has 3 N–H and O–H groups in total. The Morgan fingerprint density at radius 1 is 1.24 bits per heavy atom. The molecule has 4 heteroatoms. The molecule has 1 aromatic heterocycles. The highest BCUT2D eigenvalue weighted by Crippen LogP contribution is 2.22. The van der Waals surface area contributed by atoms with E-state index >= 15 is 0 Å². The number of hydrogen-bond acceptors (Lipinski definition) is 3. The third-order valence-electron chi connectivity index (χ3n) is 4.38. The smallest absolute Gasteiger partial charge is 0.251 e. The molecule has 1 fully saturated rings. The van der Waals surface area contributed by atoms with Gasteiger partial charge in [-0.2, -0.15) is 0 Å². The highest BCUT2D eigenvalue weighted by Gasteiger charge is 2.22. The van der Waals surface area contributed by atoms with Gasteiger partial charge in [-0.1, -0.05) is 25.0 Å². The molecule has 2 aromatic rings. The topological polar surface area (TPSA) is 68.0 Å². The zero-order valence-electron chi connectivity index (χ0n) is 12.1. The Hall–Kier alpha value is -1.94. The predicted molar refractivity (Wildman–Crippen MR) is 84.0 cm³/mol. The summed E-state index contributed by atoms with van der Waals surface area (Å²) in [5.74, 6) is 0.363. The maximum absolute atomic E-state index is 12.4. The standard InChI is InChI=1S/C17H21N3O/c18-15-8-2-1-5-12(15)11-20-17(21)14-6-3-9-16-13(14)7-4-10-19-16/h3-4,6-7,9-10,12,15H,1-2,5,8,11,18H2,(H,20,21). The van der Waals surface area contributed by atoms with Crippen LogP contribution in [0.3, 0.4) is 0 Å². The van der Waals surface area contributed by atoms with E-state index in [1.54, 1.807) is 6.20 Å². The second-order valence-corrected chi connectivity index (χ2v) is 5.79. The number of fused-ring (bicyclic) bond motifs is 1. The van der Waals surface area contributed by atoms with Gasteiger partial charge >= 0.3 is 0 Å². The number of carbonyl (C=O) groups excluding carboxylic acids is 1. The fourth-order valence-corrected chi connectivity index (χ4v) is 3.11. The molecule has 1 heterocycles. The molecule has 110 valence electrons. The number of hydrogen-bond donors (Lipinski definition) is 2. The number of pyridine rings is 1. The summed E-state index contributed by atoms with van der Waals surface area (Å²) in [5.41, 5.74) is 7.67. The van der Waals surface area contributed by atoms with E-state index in [1.165, 1.54) is 12.8 Å². The van der Waals surface area contributed by atoms with E-state index in [4.69, 9.17) is 5.73 Å². The molecule has 0 bridgehead atoms. The molecule has 2 unspecified atom stereocenters. The van der Waals surface area contributed by atoms with Crippen LogP contribution in [0.5, 0.6) is 0 Å². The molecule has 0 aliphatic heterocycles. The minimum absolute atomic E-state index is 0.0358. The van der Waals surface area contributed by atoms with Crippen molar-refractivity contribution in [3.05, 3.63) is 42.1 Å². The van der Waals surface area contributed by atoms with Gasteiger partial charge in [0, 0.05) is 29.7 Å². The molecule has 0 radical (unpaired) electrons. The van der Waals surface area contributed by atoms with E-state index in [-0.39, 0.29) is 11.9 Å². The van der Waals surface area contributed by atoms with Crippen molar-refractivity contribution in [2.45, 2.75) is 31.7 Å². The van der Waals surface area contributed by atoms with Crippen LogP contribution < -0.4 is 11.1 Å². The Bertz CT molecular complexity index is 635. The van der Waals surface area contributed by atoms with Crippen LogP contribution in [0.25, 0.3) is 10.9 Å². The molecule has 3 rings (SSSR count). The first-order valence-corrected chi connectivity index (χ1v) is 7.63. The van der Waals surface area contributed by atoms with Gasteiger partial charge in [0.05, 0.1) is 5.52 Å². The molecular weight excluding hydrogens is 262 g/mol. The summed E-state index contributed by atoms with van der Waals surface area (Å²) in [6.07, 6.45) is 6.34. The highest BCUT2D eigenvalue weighted by molar-refractivity contribution is 6.06. The first-order valence-electron chi connectivity index (χ1n) is 7.63. The normalized spacial score (nSPS) is 22.1. The zero-order valence-corrected chi connectivity index (χ0v) is 12.1. The van der Waals surface area contributed by atoms with Crippen molar-refractivity contribution in [1.82, 2.24) is 10.3 Å². The van der Waals surface area contributed by atoms with E-state index in [9.17, 15) is 4.79 Å². The van der Waals surface area contributed by atoms with Crippen molar-refractivity contribution in [3.8, 4) is 0 Å². The first-order chi connectivity index (χ1) is 10.3. The van der Waals surface area contributed by atoms with Crippen LogP contribution in [0, 0.1) is 5.92 Å². The number of nitrogens with two attached hydrogens (primary N) is 1. The van der Waals surface area contributed by atoms with Crippen LogP contribution in [0.4, 0.5) is 0 Å². The van der Waals surface area contributed by atoms with Crippen LogP contribution >= 0.6 is 0 Å². The molecule has 1 aromatic carbocycles. The van der Waals surface area contributed by atoms with Crippen LogP contribution in [-0.2, 0) is 0 Å². The first kappa shape index (κ1) is 14.0. The average Bonchev–Trinajstić information content (AvgIpc) is 2.53. The number of nitrogens with zero attached hydrogens (tertiary/aromatic N) is 1. The molecule has 1 amide bonds. The Morgan fingerprint density at radius 3 is 2.95 bits per heavy atom. The van der Waals surface area contributed by atoms with Crippen molar-refractivity contribution >= 4 is 16.8 Å². The zero-order chi connectivity index (χ0) is 14.7. The van der Waals surface area contributed by atoms with Crippen LogP contribution in [-0.4, -0.2) is 23.5 Å². The van der Waals surface area contributed by atoms with Gasteiger partial charge in [0.1, 0.15) is 0 Å². The molecule has 21 heavy (non-hydrogen) atoms. The molecule has 1 aliphatic carbocycles. The Balaban J connectivity index is 1.72. The van der Waals surface area contributed by atoms with E-state index in [2.05, 4.69) is 10.3 Å². The van der Waals surface area contributed by atoms with Gasteiger partial charge in [0.15, 0.2) is 0 Å². The number of carbonyl (C=O) groups is 1. The Labute approximate surface area is 124 Å². The lowest BCUT2D eigenvalue weighted by molar-refractivity contribution is 0.0943. The van der Waals surface area contributed by atoms with E-state index in [0.29, 0.717) is 18.0 Å². The molecule has 0 saturated heterocycles. The van der Waals surface area contributed by atoms with E-state index in [1.807, 2.05) is 30.3 Å². The molecule has 0 spiro atoms. The van der Waals surface area contributed by atoms with Gasteiger partial charge in [0.25, 0.3) is 5.91 Å². The quantitative estimate of drug-likeness (QED) is 0.909. The lowest BCUT2D eigenvalue weighted by atomic mass is 9.85. The Morgan fingerprint density at radius 2 is 2.10 bits per heavy atom. The lowest BCUT2D eigenvalue weighted by Gasteiger charge is -2.28. The highest BCUT2D eigenvalue weighted by atomic mass is 16.1. The maximum atomic E-state index is 12.4. The minimum Gasteiger partial charge on any atom is -0.352 e. The van der Waals surface area contributed by atoms with Gasteiger partial charge in [-0.3, -0.25) is 9.78 Å². The summed E-state index contributed by atoms with van der Waals surface area (Å²) in [4.78, 5) is 16.7. The molecule has 1 aliphatic rings. The van der Waals surface area contributed by atoms with Crippen molar-refractivity contribution in [1.29, 1.82) is 0 Å². The predicted octanol–water partition coefficient (Wildman–Crippen LogP) is 2.48. The number of nitrogens with one attached hydrogen (secondary N) is 1. The van der Waals surface area contributed by atoms with Gasteiger partial charge < -0.3 is 11.1 Å². The number of aromatic nitrogens is 1. The maximum Gasteiger partial charge on any atom is 0.251 e. The lowest BCUT2D eigenvalue weighted by Crippen LogP contribution is -2.41. The van der Waals surface area contributed by atoms with Gasteiger partial charge in [-0.15, -0.1) is 0 Å². The number of rotatable bonds is 3. The molecule has 2 atom stereocenters. The number of amides is 1. The largest absolute Gasteiger partial charge is 0.352 e. The summed E-state index contributed by atoms with van der Waals surface area (Å²) >= 11 is 0. The van der Waals surface area contributed by atoms with Crippen molar-refractivity contribution in [2.24, 2.45) is 11.7 Å². The second kappa shape index (κ2) is 6.22. The van der Waals surface area contributed by atoms with Gasteiger partial charge in [0.2, 0.25) is 0 Å². The summed E-state index contributed by atoms with van der Waals surface area (Å²) in [6, 6.07) is 9.65. The molecular formula is C17H21N3O. The van der Waals surface area contributed by atoms with E-state index < -0.39 is 0 Å². The van der Waals surface area contributed by atoms with Crippen LogP contribution in [0.2, 0.25) is 0 Å². The van der Waals surface area contributed by atoms with Crippen molar-refractivity contribution < 1.29 is 4.79 Å². The fraction of sp³-hybridized carbons (Fsp3) is 0.412. The SMILES string of the molecule is NC1CCCCC1CNC(=O)c1cccc2ncccc12. The third-order valence-corrected chi connectivity index (χ3v) is 4.38. The third kappa shape index (κ3) is 3.05. The summed E-state index contributed by atoms with van der Waals surface area (Å²) in [7, 11) is 0. The Kier molecular flexibility index (Phi) is 4.15. The average molecular weight is 283 g/mol. The molecule has 4 nitrogen and oxygen atoms in total. The van der Waals surface area contributed by atoms with Crippen molar-refractivity contribution in [3.63, 3.8) is 0 Å².